The lowest BCUT2D eigenvalue weighted by Crippen LogP contribution is -1.77. The minimum atomic E-state index is 0.775. The first-order chi connectivity index (χ1) is 5.88. The van der Waals surface area contributed by atoms with Gasteiger partial charge in [-0.3, -0.25) is 9.98 Å². The van der Waals surface area contributed by atoms with Gasteiger partial charge in [-0.25, -0.2) is 0 Å². The smallest absolute Gasteiger partial charge is 0.0879 e. The average Bonchev–Trinajstić information content (AvgIpc) is 2.20. The molecule has 2 heteroatoms. The molecule has 12 heavy (non-hydrogen) atoms. The van der Waals surface area contributed by atoms with Crippen LogP contribution < -0.4 is 0 Å². The fraction of sp³-hybridized carbons (Fsp3) is 0.200. The normalized spacial score (nSPS) is 7.83. The molecule has 0 atom stereocenters. The van der Waals surface area contributed by atoms with Crippen LogP contribution in [0.5, 0.6) is 0 Å². The molecule has 0 saturated carbocycles. The fourth-order valence-electron chi connectivity index (χ4n) is 0.700. The molecule has 0 amide bonds. The molecule has 64 valence electrons. The molecule has 0 N–H and O–H groups in total. The molecule has 0 fully saturated rings. The van der Waals surface area contributed by atoms with Gasteiger partial charge in [0.15, 0.2) is 0 Å². The van der Waals surface area contributed by atoms with E-state index in [4.69, 9.17) is 0 Å². The Morgan fingerprint density at radius 1 is 1.50 bits per heavy atom. The van der Waals surface area contributed by atoms with Gasteiger partial charge in [0.2, 0.25) is 0 Å². The van der Waals surface area contributed by atoms with Crippen LogP contribution in [-0.2, 0) is 0 Å². The van der Waals surface area contributed by atoms with Gasteiger partial charge in [0.1, 0.15) is 0 Å². The summed E-state index contributed by atoms with van der Waals surface area (Å²) in [7, 11) is 0. The number of hydrogen-bond donors (Lipinski definition) is 0. The van der Waals surface area contributed by atoms with Gasteiger partial charge in [0, 0.05) is 6.20 Å². The minimum absolute atomic E-state index is 0.775. The topological polar surface area (TPSA) is 25.2 Å². The van der Waals surface area contributed by atoms with Gasteiger partial charge in [-0.2, -0.15) is 0 Å². The first kappa shape index (κ1) is 10.6. The van der Waals surface area contributed by atoms with Crippen molar-refractivity contribution in [2.45, 2.75) is 13.8 Å². The van der Waals surface area contributed by atoms with Crippen molar-refractivity contribution in [2.75, 3.05) is 0 Å². The summed E-state index contributed by atoms with van der Waals surface area (Å²) in [6.07, 6.45) is 3.36. The number of aliphatic imine (C=N–C) groups is 1. The van der Waals surface area contributed by atoms with Crippen molar-refractivity contribution in [1.29, 1.82) is 0 Å². The van der Waals surface area contributed by atoms with E-state index in [2.05, 4.69) is 23.3 Å². The minimum Gasteiger partial charge on any atom is -0.262 e. The highest BCUT2D eigenvalue weighted by Crippen LogP contribution is 2.15. The van der Waals surface area contributed by atoms with Gasteiger partial charge in [-0.05, 0) is 24.9 Å². The van der Waals surface area contributed by atoms with Crippen molar-refractivity contribution in [3.63, 3.8) is 0 Å². The Morgan fingerprint density at radius 3 is 2.58 bits per heavy atom. The zero-order valence-electron chi connectivity index (χ0n) is 7.62. The number of aromatic nitrogens is 1. The lowest BCUT2D eigenvalue weighted by Gasteiger charge is -1.94. The number of hydrogen-bond acceptors (Lipinski definition) is 2. The summed E-state index contributed by atoms with van der Waals surface area (Å²) in [6.45, 7) is 11.0. The Morgan fingerprint density at radius 2 is 2.17 bits per heavy atom. The number of nitrogens with zero attached hydrogens (tertiary/aromatic N) is 2. The van der Waals surface area contributed by atoms with Crippen LogP contribution in [0, 0.1) is 0 Å². The summed E-state index contributed by atoms with van der Waals surface area (Å²) >= 11 is 0. The van der Waals surface area contributed by atoms with E-state index in [-0.39, 0.29) is 0 Å². The van der Waals surface area contributed by atoms with Crippen molar-refractivity contribution in [1.82, 2.24) is 4.98 Å². The van der Waals surface area contributed by atoms with Crippen LogP contribution in [-0.4, -0.2) is 11.7 Å². The summed E-state index contributed by atoms with van der Waals surface area (Å²) in [5.41, 5.74) is 1.55. The third-order valence-electron chi connectivity index (χ3n) is 1.18. The van der Waals surface area contributed by atoms with Crippen LogP contribution in [0.3, 0.4) is 0 Å². The van der Waals surface area contributed by atoms with Crippen molar-refractivity contribution >= 4 is 18.5 Å². The largest absolute Gasteiger partial charge is 0.262 e. The Bertz CT molecular complexity index is 227. The molecule has 0 aliphatic heterocycles. The first-order valence-corrected chi connectivity index (χ1v) is 3.92. The maximum Gasteiger partial charge on any atom is 0.0879 e. The monoisotopic (exact) mass is 162 g/mol. The van der Waals surface area contributed by atoms with Gasteiger partial charge in [-0.1, -0.05) is 20.4 Å². The molecule has 1 aromatic heterocycles. The highest BCUT2D eigenvalue weighted by molar-refractivity contribution is 5.60. The lowest BCUT2D eigenvalue weighted by molar-refractivity contribution is 1.28. The van der Waals surface area contributed by atoms with Gasteiger partial charge in [-0.15, -0.1) is 0 Å². The van der Waals surface area contributed by atoms with E-state index in [0.717, 1.165) is 11.4 Å². The van der Waals surface area contributed by atoms with Crippen LogP contribution in [0.1, 0.15) is 19.5 Å². The second-order valence-electron chi connectivity index (χ2n) is 1.77. The molecular weight excluding hydrogens is 148 g/mol. The molecular formula is C10H14N2. The van der Waals surface area contributed by atoms with Gasteiger partial charge in [0.25, 0.3) is 0 Å². The van der Waals surface area contributed by atoms with Crippen LogP contribution in [0.15, 0.2) is 29.9 Å². The molecule has 2 nitrogen and oxygen atoms in total. The summed E-state index contributed by atoms with van der Waals surface area (Å²) in [4.78, 5) is 7.77. The average molecular weight is 162 g/mol. The third-order valence-corrected chi connectivity index (χ3v) is 1.18. The maximum absolute atomic E-state index is 4.02. The van der Waals surface area contributed by atoms with E-state index < -0.39 is 0 Å². The molecule has 1 aromatic rings. The predicted molar refractivity (Wildman–Crippen MR) is 54.9 cm³/mol. The Labute approximate surface area is 73.7 Å². The highest BCUT2D eigenvalue weighted by Gasteiger charge is 1.92. The number of rotatable bonds is 2. The molecule has 0 saturated heterocycles. The molecule has 0 spiro atoms. The van der Waals surface area contributed by atoms with Crippen LogP contribution in [0.2, 0.25) is 0 Å². The highest BCUT2D eigenvalue weighted by atomic mass is 14.8. The second-order valence-corrected chi connectivity index (χ2v) is 1.77. The molecule has 0 aliphatic carbocycles. The van der Waals surface area contributed by atoms with E-state index in [9.17, 15) is 0 Å². The zero-order chi connectivity index (χ0) is 9.40. The third kappa shape index (κ3) is 2.66. The molecule has 0 aromatic carbocycles. The molecule has 1 heterocycles. The van der Waals surface area contributed by atoms with E-state index in [1.807, 2.05) is 26.0 Å². The summed E-state index contributed by atoms with van der Waals surface area (Å²) < 4.78 is 0. The molecule has 0 unspecified atom stereocenters. The van der Waals surface area contributed by atoms with Crippen LogP contribution in [0.4, 0.5) is 5.69 Å². The van der Waals surface area contributed by atoms with E-state index in [1.54, 1.807) is 12.3 Å². The standard InChI is InChI=1S/C8H8N2.C2H6/c1-3-7-8(9-2)5-4-6-10-7;1-2/h3-6H,1-2H2;1-2H3. The summed E-state index contributed by atoms with van der Waals surface area (Å²) in [5, 5.41) is 0. The van der Waals surface area contributed by atoms with Crippen molar-refractivity contribution in [3.05, 3.63) is 30.6 Å². The molecule has 0 bridgehead atoms. The van der Waals surface area contributed by atoms with Gasteiger partial charge < -0.3 is 0 Å². The van der Waals surface area contributed by atoms with E-state index in [0.29, 0.717) is 0 Å². The van der Waals surface area contributed by atoms with Gasteiger partial charge in [0.05, 0.1) is 11.4 Å². The number of pyridine rings is 1. The quantitative estimate of drug-likeness (QED) is 0.613. The second kappa shape index (κ2) is 6.28. The Kier molecular flexibility index (Phi) is 5.53. The maximum atomic E-state index is 4.02. The lowest BCUT2D eigenvalue weighted by atomic mass is 10.3. The summed E-state index contributed by atoms with van der Waals surface area (Å²) in [6, 6.07) is 3.66. The Hall–Kier alpha value is -1.44. The Balaban J connectivity index is 0.000000561. The van der Waals surface area contributed by atoms with E-state index in [1.165, 1.54) is 0 Å². The predicted octanol–water partition coefficient (Wildman–Crippen LogP) is 3.08. The molecule has 1 rings (SSSR count). The van der Waals surface area contributed by atoms with Crippen molar-refractivity contribution in [3.8, 4) is 0 Å². The van der Waals surface area contributed by atoms with Crippen molar-refractivity contribution < 1.29 is 0 Å². The summed E-state index contributed by atoms with van der Waals surface area (Å²) in [5.74, 6) is 0. The first-order valence-electron chi connectivity index (χ1n) is 3.92. The SMILES string of the molecule is C=Cc1ncccc1N=C.CC. The van der Waals surface area contributed by atoms with Crippen LogP contribution >= 0.6 is 0 Å². The molecule has 0 aliphatic rings. The molecule has 0 radical (unpaired) electrons. The van der Waals surface area contributed by atoms with E-state index >= 15 is 0 Å². The van der Waals surface area contributed by atoms with Gasteiger partial charge >= 0.3 is 0 Å². The zero-order valence-corrected chi connectivity index (χ0v) is 7.62. The van der Waals surface area contributed by atoms with Crippen molar-refractivity contribution in [2.24, 2.45) is 4.99 Å². The fourth-order valence-corrected chi connectivity index (χ4v) is 0.700. The van der Waals surface area contributed by atoms with Crippen LogP contribution in [0.25, 0.3) is 6.08 Å².